The number of nitrogens with two attached hydrogens (primary N) is 1. The van der Waals surface area contributed by atoms with Crippen LogP contribution in [0.1, 0.15) is 24.4 Å². The lowest BCUT2D eigenvalue weighted by Gasteiger charge is -2.15. The van der Waals surface area contributed by atoms with Gasteiger partial charge in [0, 0.05) is 30.5 Å². The Kier molecular flexibility index (Phi) is 3.71. The van der Waals surface area contributed by atoms with Crippen molar-refractivity contribution in [2.75, 3.05) is 19.0 Å². The van der Waals surface area contributed by atoms with E-state index in [1.165, 1.54) is 13.0 Å². The van der Waals surface area contributed by atoms with E-state index in [-0.39, 0.29) is 18.7 Å². The molecule has 2 aromatic rings. The molecule has 1 fully saturated rings. The largest absolute Gasteiger partial charge is 0.382 e. The summed E-state index contributed by atoms with van der Waals surface area (Å²) < 4.78 is 16.1. The second-order valence-corrected chi connectivity index (χ2v) is 7.18. The number of nitrogens with zero attached hydrogens (tertiary/aromatic N) is 2. The lowest BCUT2D eigenvalue weighted by atomic mass is 10.1. The summed E-state index contributed by atoms with van der Waals surface area (Å²) in [6.45, 7) is 1.42. The molecule has 3 rings (SSSR count). The molecule has 5 N–H and O–H groups in total. The van der Waals surface area contributed by atoms with Crippen molar-refractivity contribution in [2.45, 2.75) is 24.9 Å². The van der Waals surface area contributed by atoms with Crippen LogP contribution in [0.3, 0.4) is 0 Å². The average Bonchev–Trinajstić information content (AvgIpc) is 3.02. The third kappa shape index (κ3) is 3.08. The fraction of sp³-hybridized carbons (Fsp3) is 0.500. The number of hydrogen-bond donors (Lipinski definition) is 4. The van der Waals surface area contributed by atoms with Crippen LogP contribution < -0.4 is 11.1 Å². The minimum atomic E-state index is -3.43. The van der Waals surface area contributed by atoms with Gasteiger partial charge in [-0.25, -0.2) is 9.97 Å². The number of nitrogen functional groups attached to an aromatic ring is 1. The van der Waals surface area contributed by atoms with Gasteiger partial charge < -0.3 is 25.5 Å². The SMILES string of the molecule is CP(=O)(O)OC[C@@H]1CC[C@H](c2c[nH]c3c(N)ncnc23)N1. The summed E-state index contributed by atoms with van der Waals surface area (Å²) in [5.74, 6) is 0.427. The number of H-pyrrole nitrogens is 1. The van der Waals surface area contributed by atoms with Crippen LogP contribution in [0.2, 0.25) is 0 Å². The molecule has 0 aromatic carbocycles. The molecule has 1 saturated heterocycles. The standard InChI is InChI=1S/C12H18N5O3P/c1-21(18,19)20-5-7-2-3-9(17-7)8-4-14-11-10(8)15-6-16-12(11)13/h4,6-7,9,14,17H,2-3,5H2,1H3,(H,18,19)(H2,13,15,16)/t7-,9+/m0/s1. The van der Waals surface area contributed by atoms with Crippen LogP contribution in [0.15, 0.2) is 12.5 Å². The fourth-order valence-corrected chi connectivity index (χ4v) is 3.12. The Morgan fingerprint density at radius 3 is 3.10 bits per heavy atom. The van der Waals surface area contributed by atoms with Crippen LogP contribution in [0, 0.1) is 0 Å². The number of rotatable bonds is 4. The lowest BCUT2D eigenvalue weighted by Crippen LogP contribution is -2.28. The normalized spacial score (nSPS) is 25.2. The first-order chi connectivity index (χ1) is 9.94. The van der Waals surface area contributed by atoms with Gasteiger partial charge in [0.25, 0.3) is 0 Å². The number of fused-ring (bicyclic) bond motifs is 1. The van der Waals surface area contributed by atoms with Gasteiger partial charge in [-0.05, 0) is 12.8 Å². The predicted octanol–water partition coefficient (Wildman–Crippen LogP) is 1.17. The topological polar surface area (TPSA) is 126 Å². The molecule has 0 saturated carbocycles. The Balaban J connectivity index is 1.73. The maximum Gasteiger partial charge on any atom is 0.325 e. The van der Waals surface area contributed by atoms with Gasteiger partial charge in [0.05, 0.1) is 12.1 Å². The van der Waals surface area contributed by atoms with E-state index < -0.39 is 7.60 Å². The van der Waals surface area contributed by atoms with E-state index >= 15 is 0 Å². The van der Waals surface area contributed by atoms with Crippen LogP contribution in [-0.4, -0.2) is 39.2 Å². The summed E-state index contributed by atoms with van der Waals surface area (Å²) in [4.78, 5) is 20.5. The zero-order valence-corrected chi connectivity index (χ0v) is 12.5. The zero-order chi connectivity index (χ0) is 15.0. The van der Waals surface area contributed by atoms with E-state index in [1.54, 1.807) is 0 Å². The number of aromatic amines is 1. The number of aromatic nitrogens is 3. The Hall–Kier alpha value is -1.47. The molecular formula is C12H18N5O3P. The molecule has 1 unspecified atom stereocenters. The number of hydrogen-bond acceptors (Lipinski definition) is 6. The maximum absolute atomic E-state index is 11.2. The van der Waals surface area contributed by atoms with Gasteiger partial charge in [0.2, 0.25) is 0 Å². The molecule has 8 nitrogen and oxygen atoms in total. The van der Waals surface area contributed by atoms with Crippen LogP contribution in [0.5, 0.6) is 0 Å². The molecule has 1 aliphatic rings. The third-order valence-corrected chi connectivity index (χ3v) is 4.28. The van der Waals surface area contributed by atoms with Gasteiger partial charge in [-0.1, -0.05) is 0 Å². The Labute approximate surface area is 121 Å². The van der Waals surface area contributed by atoms with Crippen molar-refractivity contribution in [2.24, 2.45) is 0 Å². The monoisotopic (exact) mass is 311 g/mol. The van der Waals surface area contributed by atoms with E-state index in [0.717, 1.165) is 29.4 Å². The molecular weight excluding hydrogens is 293 g/mol. The van der Waals surface area contributed by atoms with Crippen LogP contribution >= 0.6 is 7.60 Å². The summed E-state index contributed by atoms with van der Waals surface area (Å²) in [6, 6.07) is 0.177. The van der Waals surface area contributed by atoms with E-state index in [1.807, 2.05) is 6.20 Å². The van der Waals surface area contributed by atoms with Crippen LogP contribution in [0.25, 0.3) is 11.0 Å². The minimum absolute atomic E-state index is 0.0551. The molecule has 0 spiro atoms. The van der Waals surface area contributed by atoms with Gasteiger partial charge in [0.15, 0.2) is 5.82 Å². The van der Waals surface area contributed by atoms with Crippen molar-refractivity contribution in [1.82, 2.24) is 20.3 Å². The molecule has 2 aromatic heterocycles. The predicted molar refractivity (Wildman–Crippen MR) is 78.9 cm³/mol. The van der Waals surface area contributed by atoms with Crippen molar-refractivity contribution < 1.29 is 14.0 Å². The molecule has 3 heterocycles. The molecule has 0 aliphatic carbocycles. The molecule has 9 heteroatoms. The van der Waals surface area contributed by atoms with Crippen molar-refractivity contribution in [1.29, 1.82) is 0 Å². The molecule has 0 amide bonds. The highest BCUT2D eigenvalue weighted by molar-refractivity contribution is 7.51. The first kappa shape index (κ1) is 14.5. The molecule has 0 radical (unpaired) electrons. The Morgan fingerprint density at radius 1 is 1.52 bits per heavy atom. The zero-order valence-electron chi connectivity index (χ0n) is 11.6. The number of anilines is 1. The van der Waals surface area contributed by atoms with Crippen molar-refractivity contribution in [3.05, 3.63) is 18.1 Å². The van der Waals surface area contributed by atoms with E-state index in [9.17, 15) is 4.57 Å². The third-order valence-electron chi connectivity index (χ3n) is 3.65. The number of nitrogens with one attached hydrogen (secondary N) is 2. The molecule has 1 aliphatic heterocycles. The van der Waals surface area contributed by atoms with Gasteiger partial charge in [-0.2, -0.15) is 0 Å². The van der Waals surface area contributed by atoms with Crippen LogP contribution in [-0.2, 0) is 9.09 Å². The molecule has 21 heavy (non-hydrogen) atoms. The second-order valence-electron chi connectivity index (χ2n) is 5.32. The molecule has 3 atom stereocenters. The highest BCUT2D eigenvalue weighted by Crippen LogP contribution is 2.38. The van der Waals surface area contributed by atoms with Gasteiger partial charge >= 0.3 is 7.60 Å². The fourth-order valence-electron chi connectivity index (χ4n) is 2.67. The lowest BCUT2D eigenvalue weighted by molar-refractivity contribution is 0.236. The first-order valence-electron chi connectivity index (χ1n) is 6.72. The Morgan fingerprint density at radius 2 is 2.33 bits per heavy atom. The van der Waals surface area contributed by atoms with Gasteiger partial charge in [0.1, 0.15) is 11.8 Å². The summed E-state index contributed by atoms with van der Waals surface area (Å²) >= 11 is 0. The van der Waals surface area contributed by atoms with E-state index in [4.69, 9.17) is 15.2 Å². The van der Waals surface area contributed by atoms with Crippen molar-refractivity contribution in [3.63, 3.8) is 0 Å². The Bertz CT molecular complexity index is 697. The first-order valence-corrected chi connectivity index (χ1v) is 8.75. The summed E-state index contributed by atoms with van der Waals surface area (Å²) in [6.07, 6.45) is 5.11. The minimum Gasteiger partial charge on any atom is -0.382 e. The smallest absolute Gasteiger partial charge is 0.325 e. The van der Waals surface area contributed by atoms with Crippen molar-refractivity contribution in [3.8, 4) is 0 Å². The summed E-state index contributed by atoms with van der Waals surface area (Å²) in [5.41, 5.74) is 8.39. The average molecular weight is 311 g/mol. The second kappa shape index (κ2) is 5.38. The summed E-state index contributed by atoms with van der Waals surface area (Å²) in [7, 11) is -3.43. The van der Waals surface area contributed by atoms with Crippen molar-refractivity contribution >= 4 is 24.4 Å². The van der Waals surface area contributed by atoms with E-state index in [2.05, 4.69) is 20.3 Å². The molecule has 0 bridgehead atoms. The highest BCUT2D eigenvalue weighted by Gasteiger charge is 2.28. The van der Waals surface area contributed by atoms with E-state index in [0.29, 0.717) is 5.82 Å². The summed E-state index contributed by atoms with van der Waals surface area (Å²) in [5, 5.41) is 3.40. The quantitative estimate of drug-likeness (QED) is 0.624. The molecule has 114 valence electrons. The van der Waals surface area contributed by atoms with Gasteiger partial charge in [-0.3, -0.25) is 4.57 Å². The maximum atomic E-state index is 11.2. The van der Waals surface area contributed by atoms with Crippen LogP contribution in [0.4, 0.5) is 5.82 Å². The highest BCUT2D eigenvalue weighted by atomic mass is 31.2. The van der Waals surface area contributed by atoms with Gasteiger partial charge in [-0.15, -0.1) is 0 Å².